The molecule has 0 saturated heterocycles. The van der Waals surface area contributed by atoms with E-state index in [9.17, 15) is 5.11 Å². The first-order chi connectivity index (χ1) is 16.3. The van der Waals surface area contributed by atoms with E-state index >= 15 is 0 Å². The van der Waals surface area contributed by atoms with Crippen LogP contribution in [0.25, 0.3) is 0 Å². The van der Waals surface area contributed by atoms with Crippen LogP contribution < -0.4 is 26.0 Å². The molecule has 10 heteroatoms. The van der Waals surface area contributed by atoms with Gasteiger partial charge in [-0.15, -0.1) is 0 Å². The van der Waals surface area contributed by atoms with Crippen molar-refractivity contribution in [3.63, 3.8) is 0 Å². The predicted octanol–water partition coefficient (Wildman–Crippen LogP) is 2.93. The normalized spacial score (nSPS) is 14.1. The summed E-state index contributed by atoms with van der Waals surface area (Å²) in [7, 11) is 7.69. The average molecular weight is 465 g/mol. The van der Waals surface area contributed by atoms with Crippen LogP contribution in [0.4, 0.5) is 34.6 Å². The highest BCUT2D eigenvalue weighted by Crippen LogP contribution is 2.48. The molecule has 180 valence electrons. The van der Waals surface area contributed by atoms with Crippen LogP contribution in [0.1, 0.15) is 18.4 Å². The van der Waals surface area contributed by atoms with Crippen molar-refractivity contribution in [1.29, 1.82) is 0 Å². The Labute approximate surface area is 199 Å². The Bertz CT molecular complexity index is 1150. The molecule has 3 aromatic rings. The molecule has 0 atom stereocenters. The van der Waals surface area contributed by atoms with E-state index in [1.165, 1.54) is 6.33 Å². The molecule has 1 aromatic heterocycles. The fourth-order valence-corrected chi connectivity index (χ4v) is 3.70. The topological polar surface area (TPSA) is 125 Å². The van der Waals surface area contributed by atoms with Crippen molar-refractivity contribution in [3.05, 3.63) is 48.3 Å². The maximum absolute atomic E-state index is 10.6. The van der Waals surface area contributed by atoms with Gasteiger partial charge in [-0.25, -0.2) is 9.97 Å². The lowest BCUT2D eigenvalue weighted by Gasteiger charge is -2.24. The molecule has 34 heavy (non-hydrogen) atoms. The molecule has 0 unspecified atom stereocenters. The number of nitrogens with two attached hydrogens (primary N) is 1. The summed E-state index contributed by atoms with van der Waals surface area (Å²) in [5, 5.41) is 17.0. The Hall–Kier alpha value is -3.63. The van der Waals surface area contributed by atoms with Crippen LogP contribution in [0.2, 0.25) is 0 Å². The SMILES string of the molecule is COc1cc(N(C)CCN(C)C)c(N)cc1Nc1ncnc(Nc2ccccc2C2(O)CC2)n1. The standard InChI is InChI=1S/C24H32N8O2/c1-31(2)11-12-32(3)20-14-21(34-4)19(13-17(20)25)29-23-27-15-26-22(30-23)28-18-8-6-5-7-16(18)24(33)9-10-24/h5-8,13-15,33H,9-12,25H2,1-4H3,(H2,26,27,28,29,30). The molecule has 1 aliphatic carbocycles. The Balaban J connectivity index is 1.54. The maximum atomic E-state index is 10.6. The quantitative estimate of drug-likeness (QED) is 0.333. The van der Waals surface area contributed by atoms with Gasteiger partial charge in [0.25, 0.3) is 0 Å². The molecule has 1 fully saturated rings. The minimum atomic E-state index is -0.774. The zero-order valence-electron chi connectivity index (χ0n) is 20.0. The third kappa shape index (κ3) is 5.29. The molecule has 0 radical (unpaired) electrons. The first-order valence-electron chi connectivity index (χ1n) is 11.2. The van der Waals surface area contributed by atoms with Crippen LogP contribution in [-0.2, 0) is 5.60 Å². The van der Waals surface area contributed by atoms with Gasteiger partial charge in [0, 0.05) is 37.5 Å². The first-order valence-corrected chi connectivity index (χ1v) is 11.2. The molecule has 0 bridgehead atoms. The van der Waals surface area contributed by atoms with E-state index in [2.05, 4.69) is 35.4 Å². The fraction of sp³-hybridized carbons (Fsp3) is 0.375. The molecule has 1 aliphatic rings. The number of nitrogens with zero attached hydrogens (tertiary/aromatic N) is 5. The lowest BCUT2D eigenvalue weighted by Crippen LogP contribution is -2.29. The Morgan fingerprint density at radius 1 is 1.03 bits per heavy atom. The number of aliphatic hydroxyl groups is 1. The van der Waals surface area contributed by atoms with E-state index in [0.717, 1.165) is 42.9 Å². The summed E-state index contributed by atoms with van der Waals surface area (Å²) in [4.78, 5) is 17.2. The molecular weight excluding hydrogens is 432 g/mol. The van der Waals surface area contributed by atoms with Crippen LogP contribution >= 0.6 is 0 Å². The van der Waals surface area contributed by atoms with E-state index in [4.69, 9.17) is 10.5 Å². The zero-order chi connectivity index (χ0) is 24.3. The number of hydrogen-bond donors (Lipinski definition) is 4. The number of ether oxygens (including phenoxy) is 1. The summed E-state index contributed by atoms with van der Waals surface area (Å²) in [5.74, 6) is 1.32. The minimum Gasteiger partial charge on any atom is -0.494 e. The van der Waals surface area contributed by atoms with E-state index in [-0.39, 0.29) is 0 Å². The number of aromatic nitrogens is 3. The van der Waals surface area contributed by atoms with Gasteiger partial charge in [0.05, 0.1) is 29.8 Å². The maximum Gasteiger partial charge on any atom is 0.232 e. The van der Waals surface area contributed by atoms with Crippen molar-refractivity contribution in [2.75, 3.05) is 62.6 Å². The van der Waals surface area contributed by atoms with E-state index < -0.39 is 5.60 Å². The largest absolute Gasteiger partial charge is 0.494 e. The number of likely N-dealkylation sites (N-methyl/N-ethyl adjacent to an activating group) is 2. The van der Waals surface area contributed by atoms with E-state index in [0.29, 0.717) is 29.0 Å². The minimum absolute atomic E-state index is 0.339. The van der Waals surface area contributed by atoms with Crippen LogP contribution in [0.15, 0.2) is 42.7 Å². The van der Waals surface area contributed by atoms with Gasteiger partial charge < -0.3 is 36.0 Å². The van der Waals surface area contributed by atoms with Crippen LogP contribution in [0.3, 0.4) is 0 Å². The summed E-state index contributed by atoms with van der Waals surface area (Å²) in [6.45, 7) is 1.73. The lowest BCUT2D eigenvalue weighted by molar-refractivity contribution is 0.152. The number of nitrogen functional groups attached to an aromatic ring is 1. The Kier molecular flexibility index (Phi) is 6.71. The van der Waals surface area contributed by atoms with Crippen molar-refractivity contribution in [2.45, 2.75) is 18.4 Å². The van der Waals surface area contributed by atoms with Gasteiger partial charge >= 0.3 is 0 Å². The second-order valence-electron chi connectivity index (χ2n) is 8.80. The molecule has 4 rings (SSSR count). The molecule has 0 spiro atoms. The molecule has 0 aliphatic heterocycles. The third-order valence-electron chi connectivity index (χ3n) is 5.86. The molecule has 1 heterocycles. The monoisotopic (exact) mass is 464 g/mol. The predicted molar refractivity (Wildman–Crippen MR) is 135 cm³/mol. The van der Waals surface area contributed by atoms with Gasteiger partial charge in [0.15, 0.2) is 0 Å². The van der Waals surface area contributed by atoms with Crippen LogP contribution in [0, 0.1) is 0 Å². The summed E-state index contributed by atoms with van der Waals surface area (Å²) < 4.78 is 5.61. The number of nitrogens with one attached hydrogen (secondary N) is 2. The average Bonchev–Trinajstić information content (AvgIpc) is 3.56. The van der Waals surface area contributed by atoms with Crippen molar-refractivity contribution < 1.29 is 9.84 Å². The summed E-state index contributed by atoms with van der Waals surface area (Å²) in [6, 6.07) is 11.4. The van der Waals surface area contributed by atoms with Gasteiger partial charge in [0.2, 0.25) is 11.9 Å². The highest BCUT2D eigenvalue weighted by atomic mass is 16.5. The second-order valence-corrected chi connectivity index (χ2v) is 8.80. The highest BCUT2D eigenvalue weighted by Gasteiger charge is 2.43. The smallest absolute Gasteiger partial charge is 0.232 e. The highest BCUT2D eigenvalue weighted by molar-refractivity contribution is 5.79. The van der Waals surface area contributed by atoms with Crippen molar-refractivity contribution in [3.8, 4) is 5.75 Å². The fourth-order valence-electron chi connectivity index (χ4n) is 3.70. The summed E-state index contributed by atoms with van der Waals surface area (Å²) >= 11 is 0. The zero-order valence-corrected chi connectivity index (χ0v) is 20.0. The lowest BCUT2D eigenvalue weighted by atomic mass is 10.1. The van der Waals surface area contributed by atoms with Gasteiger partial charge in [-0.05, 0) is 39.1 Å². The number of methoxy groups -OCH3 is 1. The number of rotatable bonds is 10. The van der Waals surface area contributed by atoms with Crippen LogP contribution in [-0.4, -0.2) is 66.3 Å². The van der Waals surface area contributed by atoms with Gasteiger partial charge in [0.1, 0.15) is 12.1 Å². The van der Waals surface area contributed by atoms with Gasteiger partial charge in [-0.3, -0.25) is 0 Å². The van der Waals surface area contributed by atoms with Crippen molar-refractivity contribution in [1.82, 2.24) is 19.9 Å². The van der Waals surface area contributed by atoms with Crippen molar-refractivity contribution >= 4 is 34.6 Å². The van der Waals surface area contributed by atoms with Crippen molar-refractivity contribution in [2.24, 2.45) is 0 Å². The van der Waals surface area contributed by atoms with E-state index in [1.807, 2.05) is 57.5 Å². The Morgan fingerprint density at radius 3 is 2.35 bits per heavy atom. The molecule has 5 N–H and O–H groups in total. The molecule has 10 nitrogen and oxygen atoms in total. The third-order valence-corrected chi connectivity index (χ3v) is 5.86. The van der Waals surface area contributed by atoms with Gasteiger partial charge in [-0.2, -0.15) is 4.98 Å². The summed E-state index contributed by atoms with van der Waals surface area (Å²) in [5.41, 5.74) is 9.35. The number of anilines is 6. The van der Waals surface area contributed by atoms with Crippen LogP contribution in [0.5, 0.6) is 5.75 Å². The van der Waals surface area contributed by atoms with E-state index in [1.54, 1.807) is 7.11 Å². The number of para-hydroxylation sites is 1. The second kappa shape index (κ2) is 9.70. The first kappa shape index (κ1) is 23.5. The molecule has 0 amide bonds. The number of benzene rings is 2. The number of hydrogen-bond acceptors (Lipinski definition) is 10. The molecule has 1 saturated carbocycles. The van der Waals surface area contributed by atoms with Gasteiger partial charge in [-0.1, -0.05) is 18.2 Å². The Morgan fingerprint density at radius 2 is 1.71 bits per heavy atom. The summed E-state index contributed by atoms with van der Waals surface area (Å²) in [6.07, 6.45) is 2.92. The molecular formula is C24H32N8O2. The molecule has 2 aromatic carbocycles.